The Labute approximate surface area is 147 Å². The van der Waals surface area contributed by atoms with Crippen LogP contribution in [0.15, 0.2) is 18.2 Å². The Balaban J connectivity index is 1.54. The minimum absolute atomic E-state index is 0.201. The third-order valence-corrected chi connectivity index (χ3v) is 5.14. The molecule has 1 fully saturated rings. The van der Waals surface area contributed by atoms with Gasteiger partial charge in [0.1, 0.15) is 11.5 Å². The highest BCUT2D eigenvalue weighted by molar-refractivity contribution is 6.00. The first-order valence-electron chi connectivity index (χ1n) is 9.01. The van der Waals surface area contributed by atoms with Crippen LogP contribution >= 0.6 is 0 Å². The molecule has 1 aromatic heterocycles. The lowest BCUT2D eigenvalue weighted by molar-refractivity contribution is 0.0867. The highest BCUT2D eigenvalue weighted by Crippen LogP contribution is 2.23. The number of H-pyrrole nitrogens is 1. The minimum Gasteiger partial charge on any atom is -0.395 e. The molecule has 1 aromatic carbocycles. The molecule has 1 aliphatic rings. The van der Waals surface area contributed by atoms with Crippen molar-refractivity contribution in [2.24, 2.45) is 0 Å². The number of aromatic nitrogens is 1. The molecular weight excluding hydrogens is 321 g/mol. The largest absolute Gasteiger partial charge is 0.395 e. The van der Waals surface area contributed by atoms with E-state index in [0.717, 1.165) is 36.9 Å². The predicted octanol–water partition coefficient (Wildman–Crippen LogP) is 2.58. The summed E-state index contributed by atoms with van der Waals surface area (Å²) in [4.78, 5) is 17.6. The summed E-state index contributed by atoms with van der Waals surface area (Å²) in [5, 5.41) is 13.1. The summed E-state index contributed by atoms with van der Waals surface area (Å²) < 4.78 is 13.8. The Morgan fingerprint density at radius 3 is 3.04 bits per heavy atom. The van der Waals surface area contributed by atoms with Crippen molar-refractivity contribution in [1.82, 2.24) is 15.2 Å². The zero-order valence-electron chi connectivity index (χ0n) is 14.6. The molecular formula is C19H26FN3O2. The number of fused-ring (bicyclic) bond motifs is 1. The van der Waals surface area contributed by atoms with Gasteiger partial charge in [-0.25, -0.2) is 4.39 Å². The average molecular weight is 347 g/mol. The minimum atomic E-state index is -0.347. The summed E-state index contributed by atoms with van der Waals surface area (Å²) in [5.74, 6) is -0.551. The van der Waals surface area contributed by atoms with Crippen LogP contribution in [0.2, 0.25) is 0 Å². The number of piperidine rings is 1. The van der Waals surface area contributed by atoms with Crippen molar-refractivity contribution in [2.45, 2.75) is 38.6 Å². The number of carbonyl (C=O) groups excluding carboxylic acids is 1. The topological polar surface area (TPSA) is 68.4 Å². The fourth-order valence-electron chi connectivity index (χ4n) is 3.68. The molecule has 0 aliphatic carbocycles. The van der Waals surface area contributed by atoms with E-state index in [9.17, 15) is 14.3 Å². The Bertz CT molecular complexity index is 744. The smallest absolute Gasteiger partial charge is 0.268 e. The van der Waals surface area contributed by atoms with Crippen molar-refractivity contribution >= 4 is 16.8 Å². The molecule has 0 spiro atoms. The summed E-state index contributed by atoms with van der Waals surface area (Å²) >= 11 is 0. The van der Waals surface area contributed by atoms with Crippen LogP contribution in [-0.4, -0.2) is 53.2 Å². The molecule has 25 heavy (non-hydrogen) atoms. The number of nitrogens with one attached hydrogen (secondary N) is 2. The normalized spacial score (nSPS) is 18.6. The number of benzene rings is 1. The second kappa shape index (κ2) is 7.97. The molecule has 3 rings (SSSR count). The second-order valence-electron chi connectivity index (χ2n) is 6.76. The molecule has 0 bridgehead atoms. The summed E-state index contributed by atoms with van der Waals surface area (Å²) in [6, 6.07) is 5.10. The van der Waals surface area contributed by atoms with Crippen LogP contribution in [0.1, 0.15) is 41.7 Å². The summed E-state index contributed by atoms with van der Waals surface area (Å²) in [6.45, 7) is 4.47. The van der Waals surface area contributed by atoms with Gasteiger partial charge in [-0.2, -0.15) is 0 Å². The van der Waals surface area contributed by atoms with E-state index < -0.39 is 0 Å². The quantitative estimate of drug-likeness (QED) is 0.704. The molecule has 2 heterocycles. The molecule has 1 aliphatic heterocycles. The van der Waals surface area contributed by atoms with Gasteiger partial charge in [-0.1, -0.05) is 18.6 Å². The number of carbonyl (C=O) groups is 1. The molecule has 2 aromatic rings. The maximum absolute atomic E-state index is 13.8. The maximum Gasteiger partial charge on any atom is 0.268 e. The van der Waals surface area contributed by atoms with Gasteiger partial charge < -0.3 is 15.4 Å². The molecule has 0 radical (unpaired) electrons. The Morgan fingerprint density at radius 2 is 2.28 bits per heavy atom. The predicted molar refractivity (Wildman–Crippen MR) is 96.2 cm³/mol. The van der Waals surface area contributed by atoms with Crippen LogP contribution < -0.4 is 5.32 Å². The van der Waals surface area contributed by atoms with Crippen molar-refractivity contribution in [3.8, 4) is 0 Å². The lowest BCUT2D eigenvalue weighted by Crippen LogP contribution is -2.43. The van der Waals surface area contributed by atoms with Crippen LogP contribution in [0.3, 0.4) is 0 Å². The van der Waals surface area contributed by atoms with E-state index in [1.807, 2.05) is 13.0 Å². The number of hydrogen-bond donors (Lipinski definition) is 3. The zero-order valence-corrected chi connectivity index (χ0v) is 14.6. The first-order chi connectivity index (χ1) is 12.1. The van der Waals surface area contributed by atoms with Crippen LogP contribution in [-0.2, 0) is 0 Å². The van der Waals surface area contributed by atoms with Gasteiger partial charge in [0, 0.05) is 24.5 Å². The van der Waals surface area contributed by atoms with Crippen molar-refractivity contribution in [2.75, 3.05) is 26.2 Å². The number of aliphatic hydroxyl groups is 1. The Hall–Kier alpha value is -1.92. The Morgan fingerprint density at radius 1 is 1.44 bits per heavy atom. The molecule has 1 amide bonds. The number of hydrogen-bond acceptors (Lipinski definition) is 3. The van der Waals surface area contributed by atoms with E-state index in [2.05, 4.69) is 15.2 Å². The van der Waals surface area contributed by atoms with Crippen molar-refractivity contribution in [3.05, 3.63) is 35.3 Å². The summed E-state index contributed by atoms with van der Waals surface area (Å²) in [7, 11) is 0. The van der Waals surface area contributed by atoms with E-state index in [1.165, 1.54) is 18.9 Å². The highest BCUT2D eigenvalue weighted by Gasteiger charge is 2.21. The zero-order chi connectivity index (χ0) is 17.8. The molecule has 1 saturated heterocycles. The fourth-order valence-corrected chi connectivity index (χ4v) is 3.68. The number of nitrogens with zero attached hydrogens (tertiary/aromatic N) is 1. The summed E-state index contributed by atoms with van der Waals surface area (Å²) in [5.41, 5.74) is 1.57. The van der Waals surface area contributed by atoms with E-state index >= 15 is 0 Å². The number of rotatable bonds is 6. The van der Waals surface area contributed by atoms with Gasteiger partial charge in [0.15, 0.2) is 0 Å². The number of amides is 1. The number of aliphatic hydroxyl groups excluding tert-OH is 1. The highest BCUT2D eigenvalue weighted by atomic mass is 19.1. The maximum atomic E-state index is 13.8. The number of aromatic amines is 1. The van der Waals surface area contributed by atoms with Gasteiger partial charge in [0.2, 0.25) is 0 Å². The average Bonchev–Trinajstić information content (AvgIpc) is 2.97. The molecule has 5 nitrogen and oxygen atoms in total. The van der Waals surface area contributed by atoms with E-state index in [-0.39, 0.29) is 24.4 Å². The number of likely N-dealkylation sites (tertiary alicyclic amines) is 1. The van der Waals surface area contributed by atoms with Crippen LogP contribution in [0, 0.1) is 12.7 Å². The Kier molecular flexibility index (Phi) is 5.71. The van der Waals surface area contributed by atoms with E-state index in [1.54, 1.807) is 6.07 Å². The molecule has 136 valence electrons. The van der Waals surface area contributed by atoms with Gasteiger partial charge >= 0.3 is 0 Å². The summed E-state index contributed by atoms with van der Waals surface area (Å²) in [6.07, 6.45) is 4.22. The molecule has 6 heteroatoms. The molecule has 0 unspecified atom stereocenters. The first-order valence-corrected chi connectivity index (χ1v) is 9.01. The third kappa shape index (κ3) is 3.85. The van der Waals surface area contributed by atoms with E-state index in [0.29, 0.717) is 17.8 Å². The monoisotopic (exact) mass is 347 g/mol. The van der Waals surface area contributed by atoms with Crippen molar-refractivity contribution in [1.29, 1.82) is 0 Å². The van der Waals surface area contributed by atoms with E-state index in [4.69, 9.17) is 0 Å². The van der Waals surface area contributed by atoms with Crippen LogP contribution in [0.4, 0.5) is 4.39 Å². The van der Waals surface area contributed by atoms with Gasteiger partial charge in [-0.3, -0.25) is 9.69 Å². The molecule has 1 atom stereocenters. The fraction of sp³-hybridized carbons (Fsp3) is 0.526. The van der Waals surface area contributed by atoms with Gasteiger partial charge in [0.05, 0.1) is 12.1 Å². The second-order valence-corrected chi connectivity index (χ2v) is 6.76. The number of aryl methyl sites for hydroxylation is 1. The van der Waals surface area contributed by atoms with Gasteiger partial charge in [0.25, 0.3) is 5.91 Å². The standard InChI is InChI=1S/C19H26FN3O2/c1-13-15-7-4-8-16(20)18(15)22-17(13)19(25)21-9-5-11-23-10-3-2-6-14(23)12-24/h4,7-8,14,22,24H,2-3,5-6,9-12H2,1H3,(H,21,25)/t14-/m0/s1. The molecule has 3 N–H and O–H groups in total. The van der Waals surface area contributed by atoms with Gasteiger partial charge in [-0.05, 0) is 44.4 Å². The SMILES string of the molecule is Cc1c(C(=O)NCCCN2CCCC[C@H]2CO)[nH]c2c(F)cccc12. The number of halogens is 1. The van der Waals surface area contributed by atoms with Crippen LogP contribution in [0.5, 0.6) is 0 Å². The third-order valence-electron chi connectivity index (χ3n) is 5.14. The first kappa shape index (κ1) is 17.9. The lowest BCUT2D eigenvalue weighted by atomic mass is 10.0. The number of para-hydroxylation sites is 1. The van der Waals surface area contributed by atoms with Crippen molar-refractivity contribution in [3.63, 3.8) is 0 Å². The van der Waals surface area contributed by atoms with Gasteiger partial charge in [-0.15, -0.1) is 0 Å². The molecule has 0 saturated carbocycles. The van der Waals surface area contributed by atoms with Crippen molar-refractivity contribution < 1.29 is 14.3 Å². The van der Waals surface area contributed by atoms with Crippen LogP contribution in [0.25, 0.3) is 10.9 Å². The lowest BCUT2D eigenvalue weighted by Gasteiger charge is -2.34.